The predicted octanol–water partition coefficient (Wildman–Crippen LogP) is 3.06. The maximum Gasteiger partial charge on any atom is 0.416 e. The van der Waals surface area contributed by atoms with Crippen molar-refractivity contribution in [2.45, 2.75) is 32.6 Å². The highest BCUT2D eigenvalue weighted by Crippen LogP contribution is 2.30. The summed E-state index contributed by atoms with van der Waals surface area (Å²) in [5.74, 6) is -0.600. The molecule has 28 heavy (non-hydrogen) atoms. The van der Waals surface area contributed by atoms with Crippen LogP contribution in [0.1, 0.15) is 29.3 Å². The van der Waals surface area contributed by atoms with Crippen LogP contribution in [0, 0.1) is 0 Å². The summed E-state index contributed by atoms with van der Waals surface area (Å²) < 4.78 is 42.5. The van der Waals surface area contributed by atoms with Crippen molar-refractivity contribution in [3.8, 4) is 0 Å². The van der Waals surface area contributed by atoms with Gasteiger partial charge in [-0.2, -0.15) is 13.2 Å². The summed E-state index contributed by atoms with van der Waals surface area (Å²) in [6.07, 6.45) is 2.55. The van der Waals surface area contributed by atoms with E-state index in [0.717, 1.165) is 12.1 Å². The zero-order chi connectivity index (χ0) is 20.3. The molecule has 3 rings (SSSR count). The van der Waals surface area contributed by atoms with E-state index in [-0.39, 0.29) is 10.9 Å². The maximum absolute atomic E-state index is 13.0. The molecule has 0 spiro atoms. The van der Waals surface area contributed by atoms with E-state index in [4.69, 9.17) is 0 Å². The molecule has 2 aromatic heterocycles. The Kier molecular flexibility index (Phi) is 5.53. The van der Waals surface area contributed by atoms with Crippen molar-refractivity contribution < 1.29 is 18.0 Å². The SMILES string of the molecule is CCn1cc(C(=O)NCCCn2ccnc2)c(=O)c2cc(C(F)(F)F)ccc21. The zero-order valence-corrected chi connectivity index (χ0v) is 15.2. The Labute approximate surface area is 158 Å². The second-order valence-corrected chi connectivity index (χ2v) is 6.30. The first-order valence-corrected chi connectivity index (χ1v) is 8.79. The molecule has 6 nitrogen and oxygen atoms in total. The molecule has 1 amide bonds. The zero-order valence-electron chi connectivity index (χ0n) is 15.2. The van der Waals surface area contributed by atoms with Gasteiger partial charge < -0.3 is 14.5 Å². The summed E-state index contributed by atoms with van der Waals surface area (Å²) in [7, 11) is 0. The van der Waals surface area contributed by atoms with Gasteiger partial charge in [0, 0.05) is 43.6 Å². The molecule has 2 heterocycles. The minimum absolute atomic E-state index is 0.122. The fraction of sp³-hybridized carbons (Fsp3) is 0.316. The number of imidazole rings is 1. The lowest BCUT2D eigenvalue weighted by molar-refractivity contribution is -0.137. The van der Waals surface area contributed by atoms with Crippen molar-refractivity contribution in [2.24, 2.45) is 0 Å². The monoisotopic (exact) mass is 392 g/mol. The van der Waals surface area contributed by atoms with Gasteiger partial charge in [0.25, 0.3) is 5.91 Å². The van der Waals surface area contributed by atoms with Crippen LogP contribution in [-0.4, -0.2) is 26.6 Å². The van der Waals surface area contributed by atoms with Crippen LogP contribution in [0.4, 0.5) is 13.2 Å². The van der Waals surface area contributed by atoms with E-state index in [1.54, 1.807) is 30.2 Å². The van der Waals surface area contributed by atoms with Crippen molar-refractivity contribution in [3.05, 3.63) is 64.5 Å². The van der Waals surface area contributed by atoms with E-state index in [1.807, 2.05) is 4.57 Å². The van der Waals surface area contributed by atoms with Crippen molar-refractivity contribution in [1.82, 2.24) is 19.4 Å². The highest BCUT2D eigenvalue weighted by atomic mass is 19.4. The highest BCUT2D eigenvalue weighted by molar-refractivity contribution is 5.97. The predicted molar refractivity (Wildman–Crippen MR) is 98.1 cm³/mol. The summed E-state index contributed by atoms with van der Waals surface area (Å²) in [4.78, 5) is 29.1. The van der Waals surface area contributed by atoms with Gasteiger partial charge >= 0.3 is 6.18 Å². The maximum atomic E-state index is 13.0. The third-order valence-electron chi connectivity index (χ3n) is 4.43. The molecule has 0 saturated carbocycles. The van der Waals surface area contributed by atoms with Crippen molar-refractivity contribution in [2.75, 3.05) is 6.54 Å². The number of hydrogen-bond donors (Lipinski definition) is 1. The number of pyridine rings is 1. The second-order valence-electron chi connectivity index (χ2n) is 6.30. The third-order valence-corrected chi connectivity index (χ3v) is 4.43. The van der Waals surface area contributed by atoms with Gasteiger partial charge in [-0.05, 0) is 31.5 Å². The largest absolute Gasteiger partial charge is 0.416 e. The summed E-state index contributed by atoms with van der Waals surface area (Å²) in [5.41, 5.74) is -1.44. The number of carbonyl (C=O) groups is 1. The normalized spacial score (nSPS) is 11.7. The van der Waals surface area contributed by atoms with E-state index >= 15 is 0 Å². The van der Waals surface area contributed by atoms with Crippen molar-refractivity contribution >= 4 is 16.8 Å². The molecular weight excluding hydrogens is 373 g/mol. The van der Waals surface area contributed by atoms with Gasteiger partial charge in [-0.1, -0.05) is 0 Å². The quantitative estimate of drug-likeness (QED) is 0.656. The number of nitrogens with one attached hydrogen (secondary N) is 1. The average molecular weight is 392 g/mol. The van der Waals surface area contributed by atoms with Gasteiger partial charge in [0.2, 0.25) is 5.43 Å². The molecule has 1 aromatic carbocycles. The number of hydrogen-bond acceptors (Lipinski definition) is 3. The van der Waals surface area contributed by atoms with Crippen molar-refractivity contribution in [1.29, 1.82) is 0 Å². The Hall–Kier alpha value is -3.10. The molecule has 0 radical (unpaired) electrons. The van der Waals surface area contributed by atoms with Gasteiger partial charge in [0.05, 0.1) is 17.4 Å². The Morgan fingerprint density at radius 1 is 1.29 bits per heavy atom. The Morgan fingerprint density at radius 3 is 2.71 bits per heavy atom. The minimum Gasteiger partial charge on any atom is -0.352 e. The number of carbonyl (C=O) groups excluding carboxylic acids is 1. The van der Waals surface area contributed by atoms with E-state index in [0.29, 0.717) is 31.6 Å². The molecule has 1 N–H and O–H groups in total. The molecule has 0 unspecified atom stereocenters. The summed E-state index contributed by atoms with van der Waals surface area (Å²) >= 11 is 0. The lowest BCUT2D eigenvalue weighted by Crippen LogP contribution is -2.31. The van der Waals surface area contributed by atoms with Crippen LogP contribution in [-0.2, 0) is 19.3 Å². The molecule has 0 fully saturated rings. The number of nitrogens with zero attached hydrogens (tertiary/aromatic N) is 3. The number of aromatic nitrogens is 3. The first kappa shape index (κ1) is 19.7. The molecule has 148 valence electrons. The average Bonchev–Trinajstić information content (AvgIpc) is 3.18. The van der Waals surface area contributed by atoms with Gasteiger partial charge in [-0.25, -0.2) is 4.98 Å². The molecule has 3 aromatic rings. The minimum atomic E-state index is -4.57. The number of amides is 1. The van der Waals surface area contributed by atoms with E-state index in [1.165, 1.54) is 12.3 Å². The summed E-state index contributed by atoms with van der Waals surface area (Å²) in [6, 6.07) is 3.00. The molecule has 0 bridgehead atoms. The highest BCUT2D eigenvalue weighted by Gasteiger charge is 2.31. The summed E-state index contributed by atoms with van der Waals surface area (Å²) in [5, 5.41) is 2.53. The fourth-order valence-corrected chi connectivity index (χ4v) is 2.97. The van der Waals surface area contributed by atoms with Crippen LogP contribution in [0.3, 0.4) is 0 Å². The molecule has 0 saturated heterocycles. The second kappa shape index (κ2) is 7.87. The lowest BCUT2D eigenvalue weighted by atomic mass is 10.1. The van der Waals surface area contributed by atoms with Crippen LogP contribution in [0.2, 0.25) is 0 Å². The van der Waals surface area contributed by atoms with E-state index < -0.39 is 23.1 Å². The number of rotatable bonds is 6. The van der Waals surface area contributed by atoms with Crippen LogP contribution >= 0.6 is 0 Å². The van der Waals surface area contributed by atoms with Crippen LogP contribution < -0.4 is 10.7 Å². The van der Waals surface area contributed by atoms with Crippen LogP contribution in [0.25, 0.3) is 10.9 Å². The topological polar surface area (TPSA) is 68.9 Å². The van der Waals surface area contributed by atoms with Gasteiger partial charge in [-0.3, -0.25) is 9.59 Å². The molecule has 0 aliphatic carbocycles. The fourth-order valence-electron chi connectivity index (χ4n) is 2.97. The summed E-state index contributed by atoms with van der Waals surface area (Å²) in [6.45, 7) is 3.16. The first-order chi connectivity index (χ1) is 13.3. The lowest BCUT2D eigenvalue weighted by Gasteiger charge is -2.14. The molecule has 0 aliphatic rings. The number of benzene rings is 1. The van der Waals surface area contributed by atoms with Gasteiger partial charge in [0.15, 0.2) is 0 Å². The van der Waals surface area contributed by atoms with Crippen molar-refractivity contribution in [3.63, 3.8) is 0 Å². The van der Waals surface area contributed by atoms with E-state index in [2.05, 4.69) is 10.3 Å². The van der Waals surface area contributed by atoms with E-state index in [9.17, 15) is 22.8 Å². The van der Waals surface area contributed by atoms with Crippen LogP contribution in [0.15, 0.2) is 47.9 Å². The van der Waals surface area contributed by atoms with Gasteiger partial charge in [0.1, 0.15) is 5.56 Å². The van der Waals surface area contributed by atoms with Crippen LogP contribution in [0.5, 0.6) is 0 Å². The molecule has 0 atom stereocenters. The third kappa shape index (κ3) is 4.08. The Balaban J connectivity index is 1.86. The van der Waals surface area contributed by atoms with Gasteiger partial charge in [-0.15, -0.1) is 0 Å². The number of fused-ring (bicyclic) bond motifs is 1. The molecular formula is C19H19F3N4O2. The molecule has 9 heteroatoms. The Morgan fingerprint density at radius 2 is 2.07 bits per heavy atom. The first-order valence-electron chi connectivity index (χ1n) is 8.79. The standard InChI is InChI=1S/C19H19F3N4O2/c1-2-26-11-15(18(28)24-6-3-8-25-9-7-23-12-25)17(27)14-10-13(19(20,21)22)4-5-16(14)26/h4-5,7,9-12H,2-3,6,8H2,1H3,(H,24,28). The number of alkyl halides is 3. The molecule has 0 aliphatic heterocycles. The smallest absolute Gasteiger partial charge is 0.352 e. The number of aryl methyl sites for hydroxylation is 2. The Bertz CT molecular complexity index is 1040. The number of halogens is 3.